The average molecular weight is 347 g/mol. The number of hydrogen-bond donors (Lipinski definition) is 0. The molecule has 0 aliphatic heterocycles. The lowest BCUT2D eigenvalue weighted by Gasteiger charge is -2.10. The van der Waals surface area contributed by atoms with E-state index in [0.717, 1.165) is 21.9 Å². The molecule has 4 nitrogen and oxygen atoms in total. The van der Waals surface area contributed by atoms with Gasteiger partial charge < -0.3 is 9.15 Å². The van der Waals surface area contributed by atoms with Gasteiger partial charge in [0.15, 0.2) is 0 Å². The van der Waals surface area contributed by atoms with Crippen LogP contribution in [0.2, 0.25) is 5.02 Å². The molecule has 118 valence electrons. The first kappa shape index (κ1) is 15.9. The third-order valence-electron chi connectivity index (χ3n) is 3.36. The molecule has 0 spiro atoms. The summed E-state index contributed by atoms with van der Waals surface area (Å²) in [6.45, 7) is 2.06. The predicted molar refractivity (Wildman–Crippen MR) is 92.0 cm³/mol. The van der Waals surface area contributed by atoms with E-state index in [1.54, 1.807) is 7.11 Å². The van der Waals surface area contributed by atoms with E-state index in [-0.39, 0.29) is 5.25 Å². The molecule has 0 radical (unpaired) electrons. The Bertz CT molecular complexity index is 789. The van der Waals surface area contributed by atoms with Crippen molar-refractivity contribution < 1.29 is 9.15 Å². The van der Waals surface area contributed by atoms with E-state index in [0.29, 0.717) is 11.1 Å². The Hall–Kier alpha value is -1.98. The SMILES string of the molecule is COc1ccc(-c2nnc(S[C@@H](C)c3ccccc3Cl)o2)cc1. The maximum atomic E-state index is 6.22. The van der Waals surface area contributed by atoms with Crippen LogP contribution in [0.5, 0.6) is 5.75 Å². The average Bonchev–Trinajstić information content (AvgIpc) is 3.03. The molecule has 3 aromatic rings. The summed E-state index contributed by atoms with van der Waals surface area (Å²) in [6, 6.07) is 15.3. The Morgan fingerprint density at radius 1 is 1.09 bits per heavy atom. The highest BCUT2D eigenvalue weighted by Crippen LogP contribution is 2.37. The molecule has 23 heavy (non-hydrogen) atoms. The van der Waals surface area contributed by atoms with Crippen LogP contribution in [0, 0.1) is 0 Å². The van der Waals surface area contributed by atoms with Crippen LogP contribution < -0.4 is 4.74 Å². The predicted octanol–water partition coefficient (Wildman–Crippen LogP) is 5.25. The molecule has 3 rings (SSSR count). The maximum Gasteiger partial charge on any atom is 0.277 e. The minimum absolute atomic E-state index is 0.118. The fourth-order valence-electron chi connectivity index (χ4n) is 2.13. The van der Waals surface area contributed by atoms with Crippen LogP contribution in [-0.2, 0) is 0 Å². The minimum atomic E-state index is 0.118. The molecule has 1 atom stereocenters. The molecule has 0 saturated carbocycles. The highest BCUT2D eigenvalue weighted by molar-refractivity contribution is 7.99. The molecule has 1 heterocycles. The van der Waals surface area contributed by atoms with Crippen molar-refractivity contribution in [2.45, 2.75) is 17.4 Å². The quantitative estimate of drug-likeness (QED) is 0.590. The molecular formula is C17H15ClN2O2S. The number of thioether (sulfide) groups is 1. The first-order valence-electron chi connectivity index (χ1n) is 7.06. The van der Waals surface area contributed by atoms with Crippen molar-refractivity contribution in [1.82, 2.24) is 10.2 Å². The van der Waals surface area contributed by atoms with Crippen LogP contribution in [0.3, 0.4) is 0 Å². The number of methoxy groups -OCH3 is 1. The smallest absolute Gasteiger partial charge is 0.277 e. The molecular weight excluding hydrogens is 332 g/mol. The van der Waals surface area contributed by atoms with E-state index < -0.39 is 0 Å². The summed E-state index contributed by atoms with van der Waals surface area (Å²) >= 11 is 7.71. The highest BCUT2D eigenvalue weighted by Gasteiger charge is 2.16. The van der Waals surface area contributed by atoms with Crippen molar-refractivity contribution in [2.24, 2.45) is 0 Å². The highest BCUT2D eigenvalue weighted by atomic mass is 35.5. The maximum absolute atomic E-state index is 6.22. The van der Waals surface area contributed by atoms with E-state index in [2.05, 4.69) is 17.1 Å². The van der Waals surface area contributed by atoms with Gasteiger partial charge >= 0.3 is 0 Å². The molecule has 0 fully saturated rings. The van der Waals surface area contributed by atoms with Gasteiger partial charge in [-0.1, -0.05) is 41.6 Å². The van der Waals surface area contributed by atoms with E-state index >= 15 is 0 Å². The minimum Gasteiger partial charge on any atom is -0.497 e. The number of ether oxygens (including phenoxy) is 1. The van der Waals surface area contributed by atoms with Crippen molar-refractivity contribution in [3.8, 4) is 17.2 Å². The number of rotatable bonds is 5. The van der Waals surface area contributed by atoms with Gasteiger partial charge in [-0.2, -0.15) is 0 Å². The van der Waals surface area contributed by atoms with E-state index in [1.807, 2.05) is 48.5 Å². The van der Waals surface area contributed by atoms with Crippen LogP contribution in [0.15, 0.2) is 58.2 Å². The second kappa shape index (κ2) is 7.06. The fourth-order valence-corrected chi connectivity index (χ4v) is 3.34. The van der Waals surface area contributed by atoms with Crippen LogP contribution >= 0.6 is 23.4 Å². The number of nitrogens with zero attached hydrogens (tertiary/aromatic N) is 2. The van der Waals surface area contributed by atoms with E-state index in [1.165, 1.54) is 11.8 Å². The Labute approximate surface area is 143 Å². The Morgan fingerprint density at radius 3 is 2.52 bits per heavy atom. The third kappa shape index (κ3) is 3.68. The van der Waals surface area contributed by atoms with Gasteiger partial charge in [-0.05, 0) is 42.8 Å². The molecule has 0 bridgehead atoms. The summed E-state index contributed by atoms with van der Waals surface area (Å²) in [5.74, 6) is 1.27. The molecule has 0 saturated heterocycles. The van der Waals surface area contributed by atoms with Crippen molar-refractivity contribution in [1.29, 1.82) is 0 Å². The Kier molecular flexibility index (Phi) is 4.88. The lowest BCUT2D eigenvalue weighted by Crippen LogP contribution is -1.89. The van der Waals surface area contributed by atoms with Crippen molar-refractivity contribution in [2.75, 3.05) is 7.11 Å². The van der Waals surface area contributed by atoms with Crippen molar-refractivity contribution in [3.63, 3.8) is 0 Å². The van der Waals surface area contributed by atoms with Crippen molar-refractivity contribution in [3.05, 3.63) is 59.1 Å². The van der Waals surface area contributed by atoms with Crippen LogP contribution in [0.4, 0.5) is 0 Å². The topological polar surface area (TPSA) is 48.2 Å². The molecule has 0 unspecified atom stereocenters. The number of benzene rings is 2. The standard InChI is InChI=1S/C17H15ClN2O2S/c1-11(14-5-3-4-6-15(14)18)23-17-20-19-16(22-17)12-7-9-13(21-2)10-8-12/h3-11H,1-2H3/t11-/m0/s1. The second-order valence-corrected chi connectivity index (χ2v) is 6.58. The zero-order valence-corrected chi connectivity index (χ0v) is 14.3. The fraction of sp³-hybridized carbons (Fsp3) is 0.176. The van der Waals surface area contributed by atoms with Gasteiger partial charge in [-0.15, -0.1) is 10.2 Å². The number of aromatic nitrogens is 2. The lowest BCUT2D eigenvalue weighted by molar-refractivity contribution is 0.414. The third-order valence-corrected chi connectivity index (χ3v) is 4.68. The van der Waals surface area contributed by atoms with Crippen LogP contribution in [-0.4, -0.2) is 17.3 Å². The largest absolute Gasteiger partial charge is 0.497 e. The molecule has 6 heteroatoms. The summed E-state index contributed by atoms with van der Waals surface area (Å²) in [5, 5.41) is 9.58. The summed E-state index contributed by atoms with van der Waals surface area (Å²) in [7, 11) is 1.63. The van der Waals surface area contributed by atoms with Crippen molar-refractivity contribution >= 4 is 23.4 Å². The molecule has 0 aliphatic carbocycles. The molecule has 2 aromatic carbocycles. The van der Waals surface area contributed by atoms with Gasteiger partial charge in [0.1, 0.15) is 5.75 Å². The molecule has 0 aliphatic rings. The van der Waals surface area contributed by atoms with Gasteiger partial charge in [-0.3, -0.25) is 0 Å². The zero-order chi connectivity index (χ0) is 16.2. The normalized spacial score (nSPS) is 12.1. The number of halogens is 1. The monoisotopic (exact) mass is 346 g/mol. The van der Waals surface area contributed by atoms with Gasteiger partial charge in [0.2, 0.25) is 5.89 Å². The summed E-state index contributed by atoms with van der Waals surface area (Å²) in [6.07, 6.45) is 0. The van der Waals surface area contributed by atoms with Gasteiger partial charge in [0.05, 0.1) is 7.11 Å². The number of hydrogen-bond acceptors (Lipinski definition) is 5. The molecule has 0 N–H and O–H groups in total. The second-order valence-electron chi connectivity index (χ2n) is 4.88. The Balaban J connectivity index is 1.75. The first-order valence-corrected chi connectivity index (χ1v) is 8.32. The van der Waals surface area contributed by atoms with Gasteiger partial charge in [0.25, 0.3) is 5.22 Å². The zero-order valence-electron chi connectivity index (χ0n) is 12.7. The van der Waals surface area contributed by atoms with Gasteiger partial charge in [0, 0.05) is 15.8 Å². The first-order chi connectivity index (χ1) is 11.2. The summed E-state index contributed by atoms with van der Waals surface area (Å²) in [4.78, 5) is 0. The Morgan fingerprint density at radius 2 is 1.83 bits per heavy atom. The van der Waals surface area contributed by atoms with Crippen LogP contribution in [0.25, 0.3) is 11.5 Å². The lowest BCUT2D eigenvalue weighted by atomic mass is 10.2. The molecule has 1 aromatic heterocycles. The van der Waals surface area contributed by atoms with Crippen LogP contribution in [0.1, 0.15) is 17.7 Å². The molecule has 0 amide bonds. The van der Waals surface area contributed by atoms with E-state index in [4.69, 9.17) is 20.8 Å². The van der Waals surface area contributed by atoms with E-state index in [9.17, 15) is 0 Å². The van der Waals surface area contributed by atoms with Gasteiger partial charge in [-0.25, -0.2) is 0 Å². The summed E-state index contributed by atoms with van der Waals surface area (Å²) < 4.78 is 10.9. The summed E-state index contributed by atoms with van der Waals surface area (Å²) in [5.41, 5.74) is 1.90.